The molecule has 3 rings (SSSR count). The van der Waals surface area contributed by atoms with Crippen molar-refractivity contribution in [1.82, 2.24) is 0 Å². The summed E-state index contributed by atoms with van der Waals surface area (Å²) < 4.78 is 11.1. The number of benzene rings is 2. The highest BCUT2D eigenvalue weighted by Crippen LogP contribution is 2.43. The van der Waals surface area contributed by atoms with Gasteiger partial charge in [-0.05, 0) is 29.7 Å². The summed E-state index contributed by atoms with van der Waals surface area (Å²) in [6.07, 6.45) is 0. The molecule has 2 aromatic carbocycles. The lowest BCUT2D eigenvalue weighted by Crippen LogP contribution is -2.15. The Balaban J connectivity index is 2.05. The Hall–Kier alpha value is -1.09. The molecule has 1 aliphatic rings. The highest BCUT2D eigenvalue weighted by Gasteiger charge is 2.22. The number of ether oxygens (including phenoxy) is 2. The van der Waals surface area contributed by atoms with E-state index in [0.29, 0.717) is 34.8 Å². The standard InChI is InChI=1S/C16H13Cl3O2/c1-9-3-2-4-10(15(9)18)16(19)11-7-13-14(8-12(11)17)21-6-5-20-13/h2-4,7-8,16H,5-6H2,1H3. The van der Waals surface area contributed by atoms with Crippen LogP contribution in [0.4, 0.5) is 0 Å². The first-order valence-corrected chi connectivity index (χ1v) is 7.75. The molecular weight excluding hydrogens is 331 g/mol. The number of halogens is 3. The minimum Gasteiger partial charge on any atom is -0.486 e. The van der Waals surface area contributed by atoms with Gasteiger partial charge in [-0.1, -0.05) is 41.4 Å². The SMILES string of the molecule is Cc1cccc(C(Cl)c2cc3c(cc2Cl)OCCO3)c1Cl. The quantitative estimate of drug-likeness (QED) is 0.680. The number of rotatable bonds is 2. The van der Waals surface area contributed by atoms with Crippen molar-refractivity contribution in [3.63, 3.8) is 0 Å². The Kier molecular flexibility index (Phi) is 4.21. The number of fused-ring (bicyclic) bond motifs is 1. The maximum atomic E-state index is 6.59. The van der Waals surface area contributed by atoms with Crippen LogP contribution >= 0.6 is 34.8 Å². The molecule has 0 radical (unpaired) electrons. The summed E-state index contributed by atoms with van der Waals surface area (Å²) >= 11 is 19.3. The van der Waals surface area contributed by atoms with E-state index < -0.39 is 5.38 Å². The van der Waals surface area contributed by atoms with Gasteiger partial charge in [0.15, 0.2) is 11.5 Å². The molecule has 2 aromatic rings. The number of hydrogen-bond donors (Lipinski definition) is 0. The summed E-state index contributed by atoms with van der Waals surface area (Å²) in [5.74, 6) is 1.31. The van der Waals surface area contributed by atoms with Gasteiger partial charge in [0.2, 0.25) is 0 Å². The third-order valence-electron chi connectivity index (χ3n) is 3.43. The van der Waals surface area contributed by atoms with E-state index in [-0.39, 0.29) is 0 Å². The van der Waals surface area contributed by atoms with Gasteiger partial charge in [-0.15, -0.1) is 11.6 Å². The van der Waals surface area contributed by atoms with E-state index >= 15 is 0 Å². The highest BCUT2D eigenvalue weighted by molar-refractivity contribution is 6.35. The number of alkyl halides is 1. The fourth-order valence-electron chi connectivity index (χ4n) is 2.31. The van der Waals surface area contributed by atoms with Crippen LogP contribution < -0.4 is 9.47 Å². The first-order chi connectivity index (χ1) is 10.1. The van der Waals surface area contributed by atoms with Gasteiger partial charge in [0, 0.05) is 16.1 Å². The average Bonchev–Trinajstić information content (AvgIpc) is 2.48. The molecule has 0 N–H and O–H groups in total. The zero-order valence-electron chi connectivity index (χ0n) is 11.3. The van der Waals surface area contributed by atoms with E-state index in [2.05, 4.69) is 0 Å². The molecule has 0 saturated carbocycles. The molecule has 1 aliphatic heterocycles. The lowest BCUT2D eigenvalue weighted by molar-refractivity contribution is 0.171. The molecule has 0 bridgehead atoms. The zero-order chi connectivity index (χ0) is 15.0. The zero-order valence-corrected chi connectivity index (χ0v) is 13.6. The molecule has 1 unspecified atom stereocenters. The van der Waals surface area contributed by atoms with E-state index in [1.54, 1.807) is 6.07 Å². The average molecular weight is 344 g/mol. The van der Waals surface area contributed by atoms with Gasteiger partial charge >= 0.3 is 0 Å². The molecule has 1 heterocycles. The van der Waals surface area contributed by atoms with Crippen LogP contribution in [0.25, 0.3) is 0 Å². The molecule has 1 atom stereocenters. The van der Waals surface area contributed by atoms with E-state index in [1.807, 2.05) is 31.2 Å². The van der Waals surface area contributed by atoms with Gasteiger partial charge < -0.3 is 9.47 Å². The van der Waals surface area contributed by atoms with Crippen LogP contribution in [0.2, 0.25) is 10.0 Å². The molecule has 21 heavy (non-hydrogen) atoms. The van der Waals surface area contributed by atoms with Crippen molar-refractivity contribution < 1.29 is 9.47 Å². The second-order valence-corrected chi connectivity index (χ2v) is 6.08. The molecule has 110 valence electrons. The lowest BCUT2D eigenvalue weighted by Gasteiger charge is -2.22. The molecule has 0 aromatic heterocycles. The van der Waals surface area contributed by atoms with Crippen molar-refractivity contribution >= 4 is 34.8 Å². The largest absolute Gasteiger partial charge is 0.486 e. The summed E-state index contributed by atoms with van der Waals surface area (Å²) in [6, 6.07) is 9.34. The van der Waals surface area contributed by atoms with Gasteiger partial charge in [-0.3, -0.25) is 0 Å². The van der Waals surface area contributed by atoms with Crippen LogP contribution in [0, 0.1) is 6.92 Å². The third kappa shape index (κ3) is 2.80. The normalized spacial score (nSPS) is 14.9. The molecule has 0 saturated heterocycles. The maximum Gasteiger partial charge on any atom is 0.162 e. The Morgan fingerprint density at radius 3 is 2.38 bits per heavy atom. The fourth-order valence-corrected chi connectivity index (χ4v) is 3.28. The molecule has 0 amide bonds. The smallest absolute Gasteiger partial charge is 0.162 e. The van der Waals surface area contributed by atoms with Crippen LogP contribution in [0.5, 0.6) is 11.5 Å². The molecule has 5 heteroatoms. The van der Waals surface area contributed by atoms with Crippen LogP contribution in [0.1, 0.15) is 22.1 Å². The topological polar surface area (TPSA) is 18.5 Å². The molecule has 0 fully saturated rings. The summed E-state index contributed by atoms with van der Waals surface area (Å²) in [6.45, 7) is 2.99. The first-order valence-electron chi connectivity index (χ1n) is 6.56. The summed E-state index contributed by atoms with van der Waals surface area (Å²) in [5, 5.41) is 0.751. The Bertz CT molecular complexity index is 685. The fraction of sp³-hybridized carbons (Fsp3) is 0.250. The van der Waals surface area contributed by atoms with Gasteiger partial charge in [0.05, 0.1) is 5.38 Å². The Morgan fingerprint density at radius 2 is 1.67 bits per heavy atom. The van der Waals surface area contributed by atoms with E-state index in [0.717, 1.165) is 16.7 Å². The van der Waals surface area contributed by atoms with E-state index in [4.69, 9.17) is 44.3 Å². The molecule has 2 nitrogen and oxygen atoms in total. The number of aryl methyl sites for hydroxylation is 1. The van der Waals surface area contributed by atoms with Crippen molar-refractivity contribution in [3.8, 4) is 11.5 Å². The summed E-state index contributed by atoms with van der Waals surface area (Å²) in [4.78, 5) is 0. The molecule has 0 spiro atoms. The van der Waals surface area contributed by atoms with Crippen molar-refractivity contribution in [2.24, 2.45) is 0 Å². The predicted octanol–water partition coefficient (Wildman–Crippen LogP) is 5.40. The van der Waals surface area contributed by atoms with Crippen molar-refractivity contribution in [2.45, 2.75) is 12.3 Å². The van der Waals surface area contributed by atoms with Crippen LogP contribution in [-0.4, -0.2) is 13.2 Å². The van der Waals surface area contributed by atoms with Crippen molar-refractivity contribution in [2.75, 3.05) is 13.2 Å². The van der Waals surface area contributed by atoms with Crippen molar-refractivity contribution in [1.29, 1.82) is 0 Å². The van der Waals surface area contributed by atoms with Gasteiger partial charge in [0.1, 0.15) is 13.2 Å². The Morgan fingerprint density at radius 1 is 1.00 bits per heavy atom. The second kappa shape index (κ2) is 5.96. The first kappa shape index (κ1) is 14.8. The monoisotopic (exact) mass is 342 g/mol. The minimum atomic E-state index is -0.444. The summed E-state index contributed by atoms with van der Waals surface area (Å²) in [5.41, 5.74) is 2.57. The number of hydrogen-bond acceptors (Lipinski definition) is 2. The van der Waals surface area contributed by atoms with Crippen LogP contribution in [0.3, 0.4) is 0 Å². The maximum absolute atomic E-state index is 6.59. The van der Waals surface area contributed by atoms with Gasteiger partial charge in [0.25, 0.3) is 0 Å². The lowest BCUT2D eigenvalue weighted by atomic mass is 10.0. The predicted molar refractivity (Wildman–Crippen MR) is 86.3 cm³/mol. The van der Waals surface area contributed by atoms with Gasteiger partial charge in [-0.25, -0.2) is 0 Å². The molecular formula is C16H13Cl3O2. The van der Waals surface area contributed by atoms with Crippen LogP contribution in [-0.2, 0) is 0 Å². The minimum absolute atomic E-state index is 0.444. The van der Waals surface area contributed by atoms with Crippen LogP contribution in [0.15, 0.2) is 30.3 Å². The van der Waals surface area contributed by atoms with E-state index in [9.17, 15) is 0 Å². The molecule has 0 aliphatic carbocycles. The van der Waals surface area contributed by atoms with Gasteiger partial charge in [-0.2, -0.15) is 0 Å². The second-order valence-electron chi connectivity index (χ2n) is 4.86. The van der Waals surface area contributed by atoms with Crippen molar-refractivity contribution in [3.05, 3.63) is 57.1 Å². The van der Waals surface area contributed by atoms with E-state index in [1.165, 1.54) is 0 Å². The summed E-state index contributed by atoms with van der Waals surface area (Å²) in [7, 11) is 0. The third-order valence-corrected chi connectivity index (χ3v) is 4.74. The highest BCUT2D eigenvalue weighted by atomic mass is 35.5. The Labute approximate surface area is 138 Å².